The summed E-state index contributed by atoms with van der Waals surface area (Å²) in [5, 5.41) is 2.37. The lowest BCUT2D eigenvalue weighted by atomic mass is 10.1. The van der Waals surface area contributed by atoms with Gasteiger partial charge in [0.1, 0.15) is 0 Å². The first kappa shape index (κ1) is 11.2. The first-order valence-electron chi connectivity index (χ1n) is 4.37. The molecule has 1 radical (unpaired) electrons. The molecule has 0 fully saturated rings. The molecule has 15 heavy (non-hydrogen) atoms. The number of anilines is 1. The van der Waals surface area contributed by atoms with Gasteiger partial charge in [-0.25, -0.2) is 0 Å². The molecule has 1 rings (SSSR count). The van der Waals surface area contributed by atoms with Crippen LogP contribution in [0, 0.1) is 6.42 Å². The van der Waals surface area contributed by atoms with Gasteiger partial charge in [0.2, 0.25) is 0 Å². The third-order valence-corrected chi connectivity index (χ3v) is 1.72. The Kier molecular flexibility index (Phi) is 3.82. The fourth-order valence-corrected chi connectivity index (χ4v) is 1.07. The number of hydrogen-bond donors (Lipinski definition) is 3. The van der Waals surface area contributed by atoms with Crippen LogP contribution >= 0.6 is 0 Å². The Morgan fingerprint density at radius 3 is 2.73 bits per heavy atom. The van der Waals surface area contributed by atoms with Gasteiger partial charge in [0.25, 0.3) is 0 Å². The number of nitrogens with one attached hydrogen (secondary N) is 1. The molecule has 1 aromatic rings. The van der Waals surface area contributed by atoms with Crippen molar-refractivity contribution in [2.24, 2.45) is 11.5 Å². The second-order valence-corrected chi connectivity index (χ2v) is 2.88. The van der Waals surface area contributed by atoms with Crippen LogP contribution in [0.4, 0.5) is 5.69 Å². The normalized spacial score (nSPS) is 9.67. The molecular formula is C10H12N3O2. The van der Waals surface area contributed by atoms with Crippen LogP contribution in [-0.4, -0.2) is 18.4 Å². The van der Waals surface area contributed by atoms with Crippen LogP contribution in [0.25, 0.3) is 0 Å². The Labute approximate surface area is 87.4 Å². The van der Waals surface area contributed by atoms with E-state index in [9.17, 15) is 9.59 Å². The smallest absolute Gasteiger partial charge is 0.313 e. The van der Waals surface area contributed by atoms with Gasteiger partial charge in [-0.2, -0.15) is 0 Å². The molecule has 0 aromatic heterocycles. The van der Waals surface area contributed by atoms with Crippen molar-refractivity contribution in [3.05, 3.63) is 36.2 Å². The van der Waals surface area contributed by atoms with Gasteiger partial charge < -0.3 is 16.8 Å². The number of carbonyl (C=O) groups excluding carboxylic acids is 2. The number of rotatable bonds is 3. The highest BCUT2D eigenvalue weighted by Gasteiger charge is 2.08. The van der Waals surface area contributed by atoms with E-state index in [1.165, 1.54) is 0 Å². The maximum atomic E-state index is 11.0. The molecule has 79 valence electrons. The number of primary amides is 1. The molecule has 1 aromatic carbocycles. The van der Waals surface area contributed by atoms with Crippen LogP contribution in [0.1, 0.15) is 5.56 Å². The molecule has 5 heteroatoms. The summed E-state index contributed by atoms with van der Waals surface area (Å²) in [6.07, 6.45) is 1.79. The molecule has 2 amide bonds. The van der Waals surface area contributed by atoms with E-state index in [4.69, 9.17) is 11.5 Å². The van der Waals surface area contributed by atoms with E-state index in [-0.39, 0.29) is 0 Å². The number of benzene rings is 1. The van der Waals surface area contributed by atoms with E-state index in [0.29, 0.717) is 12.2 Å². The first-order valence-corrected chi connectivity index (χ1v) is 4.37. The highest BCUT2D eigenvalue weighted by Crippen LogP contribution is 2.11. The zero-order valence-electron chi connectivity index (χ0n) is 8.07. The highest BCUT2D eigenvalue weighted by molar-refractivity contribution is 6.39. The van der Waals surface area contributed by atoms with E-state index in [1.54, 1.807) is 24.6 Å². The zero-order chi connectivity index (χ0) is 11.3. The Morgan fingerprint density at radius 1 is 1.40 bits per heavy atom. The Morgan fingerprint density at radius 2 is 2.13 bits per heavy atom. The van der Waals surface area contributed by atoms with Crippen molar-refractivity contribution in [1.82, 2.24) is 0 Å². The number of nitrogens with two attached hydrogens (primary N) is 2. The molecule has 0 aliphatic rings. The van der Waals surface area contributed by atoms with Gasteiger partial charge in [-0.1, -0.05) is 12.1 Å². The minimum atomic E-state index is -1.01. The van der Waals surface area contributed by atoms with Crippen molar-refractivity contribution >= 4 is 17.5 Å². The monoisotopic (exact) mass is 206 g/mol. The third-order valence-electron chi connectivity index (χ3n) is 1.72. The topological polar surface area (TPSA) is 98.2 Å². The Hall–Kier alpha value is -1.88. The zero-order valence-corrected chi connectivity index (χ0v) is 8.07. The Bertz CT molecular complexity index is 377. The van der Waals surface area contributed by atoms with Crippen LogP contribution in [0.5, 0.6) is 0 Å². The van der Waals surface area contributed by atoms with Gasteiger partial charge in [0, 0.05) is 12.1 Å². The Balaban J connectivity index is 2.73. The molecule has 0 heterocycles. The van der Waals surface area contributed by atoms with Crippen molar-refractivity contribution in [1.29, 1.82) is 0 Å². The lowest BCUT2D eigenvalue weighted by Crippen LogP contribution is -2.29. The fourth-order valence-electron chi connectivity index (χ4n) is 1.07. The van der Waals surface area contributed by atoms with Crippen molar-refractivity contribution in [2.75, 3.05) is 11.9 Å². The summed E-state index contributed by atoms with van der Waals surface area (Å²) in [4.78, 5) is 21.5. The molecule has 0 unspecified atom stereocenters. The molecule has 0 aliphatic heterocycles. The molecule has 0 spiro atoms. The van der Waals surface area contributed by atoms with Crippen molar-refractivity contribution < 1.29 is 9.59 Å². The maximum Gasteiger partial charge on any atom is 0.313 e. The number of amides is 2. The summed E-state index contributed by atoms with van der Waals surface area (Å²) in [7, 11) is 0. The predicted molar refractivity (Wildman–Crippen MR) is 56.7 cm³/mol. The second-order valence-electron chi connectivity index (χ2n) is 2.88. The van der Waals surface area contributed by atoms with Crippen molar-refractivity contribution in [3.63, 3.8) is 0 Å². The second kappa shape index (κ2) is 5.11. The van der Waals surface area contributed by atoms with Crippen LogP contribution in [0.2, 0.25) is 0 Å². The maximum absolute atomic E-state index is 11.0. The van der Waals surface area contributed by atoms with Gasteiger partial charge in [-0.05, 0) is 24.2 Å². The molecule has 5 nitrogen and oxygen atoms in total. The lowest BCUT2D eigenvalue weighted by molar-refractivity contribution is -0.134. The van der Waals surface area contributed by atoms with E-state index in [0.717, 1.165) is 5.56 Å². The molecule has 5 N–H and O–H groups in total. The fraction of sp³-hybridized carbons (Fsp3) is 0.100. The molecule has 0 bridgehead atoms. The summed E-state index contributed by atoms with van der Waals surface area (Å²) < 4.78 is 0. The predicted octanol–water partition coefficient (Wildman–Crippen LogP) is -0.379. The number of hydrogen-bond acceptors (Lipinski definition) is 3. The third kappa shape index (κ3) is 3.40. The van der Waals surface area contributed by atoms with Crippen LogP contribution < -0.4 is 16.8 Å². The quantitative estimate of drug-likeness (QED) is 0.588. The van der Waals surface area contributed by atoms with Gasteiger partial charge >= 0.3 is 11.8 Å². The highest BCUT2D eigenvalue weighted by atomic mass is 16.2. The molecule has 0 saturated carbocycles. The van der Waals surface area contributed by atoms with Gasteiger partial charge in [-0.15, -0.1) is 0 Å². The SMILES string of the molecule is NC[CH]c1cccc(NC(=O)C(N)=O)c1. The summed E-state index contributed by atoms with van der Waals surface area (Å²) in [6, 6.07) is 6.95. The summed E-state index contributed by atoms with van der Waals surface area (Å²) in [5.74, 6) is -1.84. The minimum absolute atomic E-state index is 0.410. The standard InChI is InChI=1S/C10H12N3O2/c11-5-4-7-2-1-3-8(6-7)13-10(15)9(12)14/h1-4,6H,5,11H2,(H2,12,14)(H,13,15). The van der Waals surface area contributed by atoms with Crippen LogP contribution in [-0.2, 0) is 9.59 Å². The summed E-state index contributed by atoms with van der Waals surface area (Å²) in [5.41, 5.74) is 11.5. The van der Waals surface area contributed by atoms with E-state index < -0.39 is 11.8 Å². The largest absolute Gasteiger partial charge is 0.361 e. The summed E-state index contributed by atoms with van der Waals surface area (Å²) >= 11 is 0. The average Bonchev–Trinajstić information content (AvgIpc) is 2.18. The summed E-state index contributed by atoms with van der Waals surface area (Å²) in [6.45, 7) is 0.410. The minimum Gasteiger partial charge on any atom is -0.361 e. The molecule has 0 aliphatic carbocycles. The van der Waals surface area contributed by atoms with E-state index in [2.05, 4.69) is 5.32 Å². The van der Waals surface area contributed by atoms with Crippen LogP contribution in [0.15, 0.2) is 24.3 Å². The van der Waals surface area contributed by atoms with Gasteiger partial charge in [-0.3, -0.25) is 9.59 Å². The van der Waals surface area contributed by atoms with Gasteiger partial charge in [0.05, 0.1) is 0 Å². The molecular weight excluding hydrogens is 194 g/mol. The van der Waals surface area contributed by atoms with Crippen molar-refractivity contribution in [2.45, 2.75) is 0 Å². The van der Waals surface area contributed by atoms with Gasteiger partial charge in [0.15, 0.2) is 0 Å². The number of carbonyl (C=O) groups is 2. The van der Waals surface area contributed by atoms with Crippen molar-refractivity contribution in [3.8, 4) is 0 Å². The van der Waals surface area contributed by atoms with E-state index >= 15 is 0 Å². The molecule has 0 atom stereocenters. The average molecular weight is 206 g/mol. The van der Waals surface area contributed by atoms with E-state index in [1.807, 2.05) is 6.07 Å². The molecule has 0 saturated heterocycles. The first-order chi connectivity index (χ1) is 7.13. The lowest BCUT2D eigenvalue weighted by Gasteiger charge is -2.04. The van der Waals surface area contributed by atoms with Crippen LogP contribution in [0.3, 0.4) is 0 Å².